The summed E-state index contributed by atoms with van der Waals surface area (Å²) in [7, 11) is -3.71. The van der Waals surface area contributed by atoms with Crippen LogP contribution in [-0.4, -0.2) is 51.4 Å². The molecule has 1 atom stereocenters. The predicted octanol–water partition coefficient (Wildman–Crippen LogP) is 0.284. The number of nitrogens with zero attached hydrogens (tertiary/aromatic N) is 1. The fourth-order valence-electron chi connectivity index (χ4n) is 3.86. The summed E-state index contributed by atoms with van der Waals surface area (Å²) >= 11 is 0. The summed E-state index contributed by atoms with van der Waals surface area (Å²) in [5.41, 5.74) is 13.9. The Morgan fingerprint density at radius 2 is 1.70 bits per heavy atom. The van der Waals surface area contributed by atoms with E-state index in [4.69, 9.17) is 10.9 Å². The second-order valence-corrected chi connectivity index (χ2v) is 9.99. The Morgan fingerprint density at radius 3 is 2.30 bits per heavy atom. The molecule has 1 heterocycles. The van der Waals surface area contributed by atoms with E-state index in [1.165, 1.54) is 17.7 Å². The van der Waals surface area contributed by atoms with Gasteiger partial charge in [0.15, 0.2) is 0 Å². The van der Waals surface area contributed by atoms with Crippen LogP contribution >= 0.6 is 0 Å². The molecule has 2 aromatic carbocycles. The molecule has 0 spiro atoms. The van der Waals surface area contributed by atoms with Crippen LogP contribution in [0.15, 0.2) is 59.5 Å². The SMILES string of the molecule is NCC(NNCc1ccc(S(N)(=O)=O)cc1)C(=O)NCC1CCN(Cc2ccccc2)CC1. The van der Waals surface area contributed by atoms with Crippen LogP contribution in [0.5, 0.6) is 0 Å². The number of hydrogen-bond donors (Lipinski definition) is 5. The molecule has 1 amide bonds. The Hall–Kier alpha value is -2.34. The van der Waals surface area contributed by atoms with Crippen LogP contribution in [0, 0.1) is 5.92 Å². The molecule has 0 aliphatic carbocycles. The van der Waals surface area contributed by atoms with Gasteiger partial charge in [-0.3, -0.25) is 15.1 Å². The van der Waals surface area contributed by atoms with E-state index < -0.39 is 16.1 Å². The zero-order valence-electron chi connectivity index (χ0n) is 18.7. The fourth-order valence-corrected chi connectivity index (χ4v) is 4.38. The molecular weight excluding hydrogens is 440 g/mol. The lowest BCUT2D eigenvalue weighted by Gasteiger charge is -2.32. The van der Waals surface area contributed by atoms with E-state index in [9.17, 15) is 13.2 Å². The highest BCUT2D eigenvalue weighted by atomic mass is 32.2. The first-order valence-electron chi connectivity index (χ1n) is 11.2. The van der Waals surface area contributed by atoms with Crippen LogP contribution in [0.3, 0.4) is 0 Å². The van der Waals surface area contributed by atoms with Crippen LogP contribution in [0.25, 0.3) is 0 Å². The molecule has 0 saturated carbocycles. The molecule has 1 saturated heterocycles. The number of nitrogens with two attached hydrogens (primary N) is 2. The number of primary sulfonamides is 1. The minimum atomic E-state index is -3.71. The number of benzene rings is 2. The monoisotopic (exact) mass is 474 g/mol. The van der Waals surface area contributed by atoms with Crippen LogP contribution in [0.4, 0.5) is 0 Å². The number of nitrogens with one attached hydrogen (secondary N) is 3. The highest BCUT2D eigenvalue weighted by Crippen LogP contribution is 2.18. The zero-order chi connectivity index (χ0) is 23.7. The second-order valence-electron chi connectivity index (χ2n) is 8.43. The first kappa shape index (κ1) is 25.3. The molecule has 10 heteroatoms. The zero-order valence-corrected chi connectivity index (χ0v) is 19.6. The number of rotatable bonds is 11. The molecule has 0 aromatic heterocycles. The minimum Gasteiger partial charge on any atom is -0.354 e. The molecule has 1 unspecified atom stereocenters. The van der Waals surface area contributed by atoms with Crippen molar-refractivity contribution in [1.82, 2.24) is 21.1 Å². The van der Waals surface area contributed by atoms with Gasteiger partial charge in [-0.15, -0.1) is 0 Å². The number of carbonyl (C=O) groups is 1. The third kappa shape index (κ3) is 8.18. The molecule has 2 aromatic rings. The van der Waals surface area contributed by atoms with E-state index in [0.29, 0.717) is 19.0 Å². The van der Waals surface area contributed by atoms with Gasteiger partial charge < -0.3 is 11.1 Å². The fraction of sp³-hybridized carbons (Fsp3) is 0.435. The normalized spacial score (nSPS) is 16.4. The number of amides is 1. The number of likely N-dealkylation sites (tertiary alicyclic amines) is 1. The summed E-state index contributed by atoms with van der Waals surface area (Å²) < 4.78 is 22.6. The van der Waals surface area contributed by atoms with Gasteiger partial charge in [0.2, 0.25) is 15.9 Å². The van der Waals surface area contributed by atoms with Crippen LogP contribution in [0.1, 0.15) is 24.0 Å². The van der Waals surface area contributed by atoms with Crippen molar-refractivity contribution < 1.29 is 13.2 Å². The summed E-state index contributed by atoms with van der Waals surface area (Å²) in [6.45, 7) is 4.22. The van der Waals surface area contributed by atoms with Gasteiger partial charge >= 0.3 is 0 Å². The van der Waals surface area contributed by atoms with E-state index in [1.807, 2.05) is 6.07 Å². The Morgan fingerprint density at radius 1 is 1.03 bits per heavy atom. The van der Waals surface area contributed by atoms with E-state index >= 15 is 0 Å². The summed E-state index contributed by atoms with van der Waals surface area (Å²) in [5, 5.41) is 8.12. The van der Waals surface area contributed by atoms with Crippen LogP contribution in [-0.2, 0) is 27.9 Å². The summed E-state index contributed by atoms with van der Waals surface area (Å²) in [5.74, 6) is 0.325. The molecule has 33 heavy (non-hydrogen) atoms. The largest absolute Gasteiger partial charge is 0.354 e. The second kappa shape index (κ2) is 12.2. The lowest BCUT2D eigenvalue weighted by molar-refractivity contribution is -0.123. The number of hydrogen-bond acceptors (Lipinski definition) is 7. The number of piperidine rings is 1. The molecular formula is C23H34N6O3S. The van der Waals surface area contributed by atoms with E-state index in [-0.39, 0.29) is 17.3 Å². The Labute approximate surface area is 195 Å². The van der Waals surface area contributed by atoms with E-state index in [1.54, 1.807) is 12.1 Å². The summed E-state index contributed by atoms with van der Waals surface area (Å²) in [6.07, 6.45) is 2.11. The molecule has 0 radical (unpaired) electrons. The van der Waals surface area contributed by atoms with Crippen molar-refractivity contribution in [3.05, 3.63) is 65.7 Å². The van der Waals surface area contributed by atoms with Crippen molar-refractivity contribution in [2.24, 2.45) is 16.8 Å². The third-order valence-electron chi connectivity index (χ3n) is 5.89. The van der Waals surface area contributed by atoms with E-state index in [0.717, 1.165) is 38.0 Å². The number of carbonyl (C=O) groups excluding carboxylic acids is 1. The summed E-state index contributed by atoms with van der Waals surface area (Å²) in [6, 6.07) is 16.1. The van der Waals surface area contributed by atoms with Gasteiger partial charge in [-0.1, -0.05) is 42.5 Å². The van der Waals surface area contributed by atoms with Gasteiger partial charge in [-0.05, 0) is 55.1 Å². The number of hydrazine groups is 1. The van der Waals surface area contributed by atoms with Gasteiger partial charge in [-0.25, -0.2) is 19.0 Å². The standard InChI is InChI=1S/C23H34N6O3S/c24-14-22(28-27-16-18-6-8-21(9-7-18)33(25,31)32)23(30)26-15-19-10-12-29(13-11-19)17-20-4-2-1-3-5-20/h1-9,19,22,27-28H,10-17,24H2,(H,26,30)(H2,25,31,32). The van der Waals surface area contributed by atoms with Gasteiger partial charge in [0.05, 0.1) is 4.90 Å². The third-order valence-corrected chi connectivity index (χ3v) is 6.82. The first-order valence-corrected chi connectivity index (χ1v) is 12.7. The maximum atomic E-state index is 12.5. The maximum absolute atomic E-state index is 12.5. The smallest absolute Gasteiger partial charge is 0.239 e. The highest BCUT2D eigenvalue weighted by Gasteiger charge is 2.22. The lowest BCUT2D eigenvalue weighted by atomic mass is 9.96. The van der Waals surface area contributed by atoms with E-state index in [2.05, 4.69) is 45.3 Å². The van der Waals surface area contributed by atoms with Crippen molar-refractivity contribution in [1.29, 1.82) is 0 Å². The molecule has 7 N–H and O–H groups in total. The van der Waals surface area contributed by atoms with Gasteiger partial charge in [0.25, 0.3) is 0 Å². The van der Waals surface area contributed by atoms with Crippen LogP contribution < -0.4 is 27.0 Å². The van der Waals surface area contributed by atoms with Gasteiger partial charge in [0, 0.05) is 26.2 Å². The van der Waals surface area contributed by atoms with Crippen molar-refractivity contribution in [3.63, 3.8) is 0 Å². The van der Waals surface area contributed by atoms with Crippen molar-refractivity contribution in [2.45, 2.75) is 36.9 Å². The molecule has 1 aliphatic heterocycles. The first-order chi connectivity index (χ1) is 15.8. The quantitative estimate of drug-likeness (QED) is 0.295. The predicted molar refractivity (Wildman–Crippen MR) is 128 cm³/mol. The van der Waals surface area contributed by atoms with Crippen molar-refractivity contribution >= 4 is 15.9 Å². The molecule has 9 nitrogen and oxygen atoms in total. The van der Waals surface area contributed by atoms with Crippen molar-refractivity contribution in [2.75, 3.05) is 26.2 Å². The Bertz CT molecular complexity index is 977. The topological polar surface area (TPSA) is 143 Å². The maximum Gasteiger partial charge on any atom is 0.239 e. The lowest BCUT2D eigenvalue weighted by Crippen LogP contribution is -2.54. The van der Waals surface area contributed by atoms with Crippen molar-refractivity contribution in [3.8, 4) is 0 Å². The van der Waals surface area contributed by atoms with Gasteiger partial charge in [0.1, 0.15) is 6.04 Å². The average molecular weight is 475 g/mol. The molecule has 1 aliphatic rings. The Balaban J connectivity index is 1.35. The summed E-state index contributed by atoms with van der Waals surface area (Å²) in [4.78, 5) is 15.1. The minimum absolute atomic E-state index is 0.0596. The van der Waals surface area contributed by atoms with Crippen LogP contribution in [0.2, 0.25) is 0 Å². The molecule has 3 rings (SSSR count). The average Bonchev–Trinajstić information content (AvgIpc) is 2.81. The molecule has 1 fully saturated rings. The Kier molecular flexibility index (Phi) is 9.36. The molecule has 0 bridgehead atoms. The highest BCUT2D eigenvalue weighted by molar-refractivity contribution is 7.89. The number of sulfonamides is 1. The van der Waals surface area contributed by atoms with Gasteiger partial charge in [-0.2, -0.15) is 0 Å². The molecule has 180 valence electrons.